The molecule has 0 aliphatic rings. The van der Waals surface area contributed by atoms with Crippen LogP contribution in [0, 0.1) is 13.8 Å². The summed E-state index contributed by atoms with van der Waals surface area (Å²) >= 11 is 1.54. The highest BCUT2D eigenvalue weighted by molar-refractivity contribution is 7.98. The van der Waals surface area contributed by atoms with E-state index in [1.807, 2.05) is 38.3 Å². The molecule has 2 aromatic carbocycles. The number of carbonyl (C=O) groups excluding carboxylic acids is 2. The van der Waals surface area contributed by atoms with Gasteiger partial charge in [-0.2, -0.15) is 0 Å². The van der Waals surface area contributed by atoms with Crippen molar-refractivity contribution in [2.24, 2.45) is 0 Å². The number of thioether (sulfide) groups is 1. The first-order chi connectivity index (χ1) is 13.4. The Balaban J connectivity index is 1.75. The second-order valence-corrected chi connectivity index (χ2v) is 6.99. The van der Waals surface area contributed by atoms with Crippen molar-refractivity contribution in [3.8, 4) is 11.5 Å². The van der Waals surface area contributed by atoms with E-state index in [4.69, 9.17) is 14.2 Å². The lowest BCUT2D eigenvalue weighted by molar-refractivity contribution is -0.124. The molecule has 0 aliphatic heterocycles. The number of ether oxygens (including phenoxy) is 3. The van der Waals surface area contributed by atoms with E-state index in [-0.39, 0.29) is 12.2 Å². The molecule has 0 aliphatic carbocycles. The minimum absolute atomic E-state index is 0.284. The fraction of sp³-hybridized carbons (Fsp3) is 0.333. The summed E-state index contributed by atoms with van der Waals surface area (Å²) in [4.78, 5) is 25.0. The minimum atomic E-state index is -0.605. The van der Waals surface area contributed by atoms with Gasteiger partial charge in [0.25, 0.3) is 5.91 Å². The van der Waals surface area contributed by atoms with Crippen LogP contribution in [0.15, 0.2) is 41.3 Å². The zero-order chi connectivity index (χ0) is 20.5. The number of hydrogen-bond donors (Lipinski definition) is 1. The van der Waals surface area contributed by atoms with E-state index in [0.717, 1.165) is 16.2 Å². The van der Waals surface area contributed by atoms with E-state index >= 15 is 0 Å². The monoisotopic (exact) mass is 403 g/mol. The van der Waals surface area contributed by atoms with Gasteiger partial charge < -0.3 is 19.5 Å². The highest BCUT2D eigenvalue weighted by atomic mass is 32.2. The van der Waals surface area contributed by atoms with Gasteiger partial charge in [0.2, 0.25) is 0 Å². The molecule has 150 valence electrons. The van der Waals surface area contributed by atoms with Crippen LogP contribution < -0.4 is 14.8 Å². The highest BCUT2D eigenvalue weighted by Gasteiger charge is 2.15. The molecule has 0 aromatic heterocycles. The van der Waals surface area contributed by atoms with Crippen LogP contribution in [0.5, 0.6) is 11.5 Å². The van der Waals surface area contributed by atoms with E-state index < -0.39 is 11.9 Å². The molecular weight excluding hydrogens is 378 g/mol. The lowest BCUT2D eigenvalue weighted by Gasteiger charge is -2.11. The summed E-state index contributed by atoms with van der Waals surface area (Å²) in [5.41, 5.74) is 2.49. The van der Waals surface area contributed by atoms with Gasteiger partial charge in [0, 0.05) is 4.90 Å². The third kappa shape index (κ3) is 6.20. The van der Waals surface area contributed by atoms with E-state index in [2.05, 4.69) is 5.32 Å². The first-order valence-electron chi connectivity index (χ1n) is 8.80. The molecule has 0 saturated carbocycles. The standard InChI is InChI=1S/C21H25NO5S/c1-14-5-8-18(15(2)11-14)26-10-9-22-20(23)13-27-21(24)17-7-6-16(28-4)12-19(17)25-3/h5-8,11-12H,9-10,13H2,1-4H3,(H,22,23). The van der Waals surface area contributed by atoms with E-state index in [9.17, 15) is 9.59 Å². The Hall–Kier alpha value is -2.67. The molecule has 0 atom stereocenters. The van der Waals surface area contributed by atoms with E-state index in [1.54, 1.807) is 18.2 Å². The zero-order valence-corrected chi connectivity index (χ0v) is 17.4. The molecule has 2 aromatic rings. The lowest BCUT2D eigenvalue weighted by atomic mass is 10.1. The topological polar surface area (TPSA) is 73.9 Å². The molecule has 28 heavy (non-hydrogen) atoms. The number of benzene rings is 2. The number of hydrogen-bond acceptors (Lipinski definition) is 6. The fourth-order valence-electron chi connectivity index (χ4n) is 2.54. The SMILES string of the molecule is COc1cc(SC)ccc1C(=O)OCC(=O)NCCOc1ccc(C)cc1C. The average Bonchev–Trinajstić information content (AvgIpc) is 2.70. The minimum Gasteiger partial charge on any atom is -0.496 e. The Kier molecular flexibility index (Phi) is 8.19. The Bertz CT molecular complexity index is 838. The number of nitrogens with one attached hydrogen (secondary N) is 1. The highest BCUT2D eigenvalue weighted by Crippen LogP contribution is 2.25. The molecule has 0 fully saturated rings. The fourth-order valence-corrected chi connectivity index (χ4v) is 2.97. The molecular formula is C21H25NO5S. The van der Waals surface area contributed by atoms with Crippen molar-refractivity contribution in [3.05, 3.63) is 53.1 Å². The summed E-state index contributed by atoms with van der Waals surface area (Å²) in [6.45, 7) is 4.27. The smallest absolute Gasteiger partial charge is 0.342 e. The summed E-state index contributed by atoms with van der Waals surface area (Å²) in [6, 6.07) is 11.1. The van der Waals surface area contributed by atoms with Crippen molar-refractivity contribution < 1.29 is 23.8 Å². The zero-order valence-electron chi connectivity index (χ0n) is 16.5. The van der Waals surface area contributed by atoms with Crippen molar-refractivity contribution >= 4 is 23.6 Å². The predicted octanol–water partition coefficient (Wildman–Crippen LogP) is 3.39. The molecule has 0 saturated heterocycles. The predicted molar refractivity (Wildman–Crippen MR) is 109 cm³/mol. The van der Waals surface area contributed by atoms with Crippen LogP contribution in [0.3, 0.4) is 0 Å². The molecule has 1 N–H and O–H groups in total. The second kappa shape index (κ2) is 10.6. The maximum absolute atomic E-state index is 12.2. The maximum atomic E-state index is 12.2. The third-order valence-corrected chi connectivity index (χ3v) is 4.70. The average molecular weight is 404 g/mol. The van der Waals surface area contributed by atoms with E-state index in [0.29, 0.717) is 18.9 Å². The van der Waals surface area contributed by atoms with Gasteiger partial charge in [-0.1, -0.05) is 17.7 Å². The number of amides is 1. The number of carbonyl (C=O) groups is 2. The molecule has 0 radical (unpaired) electrons. The molecule has 2 rings (SSSR count). The first kappa shape index (κ1) is 21.6. The summed E-state index contributed by atoms with van der Waals surface area (Å²) in [5.74, 6) is 0.203. The Labute approximate surface area is 169 Å². The summed E-state index contributed by atoms with van der Waals surface area (Å²) < 4.78 is 15.9. The van der Waals surface area contributed by atoms with Crippen molar-refractivity contribution in [3.63, 3.8) is 0 Å². The van der Waals surface area contributed by atoms with Crippen LogP contribution in [0.1, 0.15) is 21.5 Å². The molecule has 1 amide bonds. The Morgan fingerprint density at radius 1 is 1.07 bits per heavy atom. The van der Waals surface area contributed by atoms with Crippen LogP contribution in [0.25, 0.3) is 0 Å². The second-order valence-electron chi connectivity index (χ2n) is 6.11. The van der Waals surface area contributed by atoms with Crippen LogP contribution in [-0.2, 0) is 9.53 Å². The summed E-state index contributed by atoms with van der Waals surface area (Å²) in [5, 5.41) is 2.66. The first-order valence-corrected chi connectivity index (χ1v) is 10.0. The van der Waals surface area contributed by atoms with Crippen LogP contribution in [-0.4, -0.2) is 45.0 Å². The van der Waals surface area contributed by atoms with Gasteiger partial charge >= 0.3 is 5.97 Å². The van der Waals surface area contributed by atoms with Crippen LogP contribution in [0.4, 0.5) is 0 Å². The lowest BCUT2D eigenvalue weighted by Crippen LogP contribution is -2.32. The quantitative estimate of drug-likeness (QED) is 0.393. The number of esters is 1. The van der Waals surface area contributed by atoms with Gasteiger partial charge in [0.1, 0.15) is 23.7 Å². The normalized spacial score (nSPS) is 10.3. The third-order valence-electron chi connectivity index (χ3n) is 3.98. The molecule has 0 spiro atoms. The Morgan fingerprint density at radius 2 is 1.86 bits per heavy atom. The maximum Gasteiger partial charge on any atom is 0.342 e. The summed E-state index contributed by atoms with van der Waals surface area (Å²) in [6.07, 6.45) is 1.93. The van der Waals surface area contributed by atoms with Crippen molar-refractivity contribution in [1.82, 2.24) is 5.32 Å². The van der Waals surface area contributed by atoms with Gasteiger partial charge in [-0.15, -0.1) is 11.8 Å². The molecule has 0 heterocycles. The van der Waals surface area contributed by atoms with Gasteiger partial charge in [-0.25, -0.2) is 4.79 Å². The summed E-state index contributed by atoms with van der Waals surface area (Å²) in [7, 11) is 1.48. The van der Waals surface area contributed by atoms with Gasteiger partial charge in [0.05, 0.1) is 13.7 Å². The number of rotatable bonds is 9. The van der Waals surface area contributed by atoms with Gasteiger partial charge in [-0.05, 0) is 49.9 Å². The number of aryl methyl sites for hydroxylation is 2. The largest absolute Gasteiger partial charge is 0.496 e. The Morgan fingerprint density at radius 3 is 2.54 bits per heavy atom. The van der Waals surface area contributed by atoms with Gasteiger partial charge in [0.15, 0.2) is 6.61 Å². The van der Waals surface area contributed by atoms with Crippen molar-refractivity contribution in [2.75, 3.05) is 33.1 Å². The van der Waals surface area contributed by atoms with Crippen molar-refractivity contribution in [1.29, 1.82) is 0 Å². The van der Waals surface area contributed by atoms with E-state index in [1.165, 1.54) is 24.4 Å². The molecule has 6 nitrogen and oxygen atoms in total. The molecule has 0 unspecified atom stereocenters. The van der Waals surface area contributed by atoms with Crippen molar-refractivity contribution in [2.45, 2.75) is 18.7 Å². The van der Waals surface area contributed by atoms with Crippen LogP contribution >= 0.6 is 11.8 Å². The molecule has 0 bridgehead atoms. The molecule has 7 heteroatoms. The van der Waals surface area contributed by atoms with Gasteiger partial charge in [-0.3, -0.25) is 4.79 Å². The number of methoxy groups -OCH3 is 1. The van der Waals surface area contributed by atoms with Crippen LogP contribution in [0.2, 0.25) is 0 Å².